The third kappa shape index (κ3) is 2.51. The van der Waals surface area contributed by atoms with Gasteiger partial charge in [-0.05, 0) is 24.0 Å². The smallest absolute Gasteiger partial charge is 0.330 e. The molecule has 0 saturated heterocycles. The molecule has 5 heteroatoms. The van der Waals surface area contributed by atoms with E-state index in [0.717, 1.165) is 19.3 Å². The molecule has 22 heavy (non-hydrogen) atoms. The lowest BCUT2D eigenvalue weighted by Crippen LogP contribution is -2.34. The van der Waals surface area contributed by atoms with Gasteiger partial charge in [-0.25, -0.2) is 4.79 Å². The minimum atomic E-state index is -0.564. The molecule has 0 radical (unpaired) electrons. The van der Waals surface area contributed by atoms with Crippen LogP contribution in [-0.4, -0.2) is 22.8 Å². The van der Waals surface area contributed by atoms with Gasteiger partial charge in [0.25, 0.3) is 11.8 Å². The predicted octanol–water partition coefficient (Wildman–Crippen LogP) is 2.96. The second kappa shape index (κ2) is 5.91. The summed E-state index contributed by atoms with van der Waals surface area (Å²) >= 11 is 0. The lowest BCUT2D eigenvalue weighted by molar-refractivity contribution is -0.170. The summed E-state index contributed by atoms with van der Waals surface area (Å²) in [5.74, 6) is -0.791. The molecule has 0 bridgehead atoms. The van der Waals surface area contributed by atoms with Gasteiger partial charge in [-0.15, -0.1) is 0 Å². The Labute approximate surface area is 129 Å². The SMILES string of the molecule is CCC(CC(=O)ON1C(=O)c2ccccc2C1=O)C1CCC1. The zero-order chi connectivity index (χ0) is 15.7. The maximum atomic E-state index is 12.1. The first kappa shape index (κ1) is 14.8. The Bertz CT molecular complexity index is 586. The molecular weight excluding hydrogens is 282 g/mol. The second-order valence-corrected chi connectivity index (χ2v) is 5.98. The first-order chi connectivity index (χ1) is 10.6. The van der Waals surface area contributed by atoms with Crippen molar-refractivity contribution < 1.29 is 19.2 Å². The molecule has 1 heterocycles. The fourth-order valence-corrected chi connectivity index (χ4v) is 3.16. The highest BCUT2D eigenvalue weighted by Crippen LogP contribution is 2.37. The van der Waals surface area contributed by atoms with Crippen LogP contribution in [0.2, 0.25) is 0 Å². The third-order valence-corrected chi connectivity index (χ3v) is 4.72. The minimum Gasteiger partial charge on any atom is -0.330 e. The van der Waals surface area contributed by atoms with Crippen molar-refractivity contribution in [2.45, 2.75) is 39.0 Å². The van der Waals surface area contributed by atoms with E-state index >= 15 is 0 Å². The van der Waals surface area contributed by atoms with Crippen LogP contribution in [0.1, 0.15) is 59.7 Å². The van der Waals surface area contributed by atoms with Gasteiger partial charge in [-0.2, -0.15) is 0 Å². The average molecular weight is 301 g/mol. The van der Waals surface area contributed by atoms with E-state index in [-0.39, 0.29) is 23.5 Å². The number of hydrogen-bond acceptors (Lipinski definition) is 4. The molecule has 2 aliphatic rings. The van der Waals surface area contributed by atoms with E-state index in [9.17, 15) is 14.4 Å². The first-order valence-electron chi connectivity index (χ1n) is 7.80. The zero-order valence-corrected chi connectivity index (χ0v) is 12.6. The molecule has 116 valence electrons. The summed E-state index contributed by atoms with van der Waals surface area (Å²) in [5, 5.41) is 0.598. The van der Waals surface area contributed by atoms with Crippen LogP contribution in [0.3, 0.4) is 0 Å². The molecule has 1 aliphatic heterocycles. The van der Waals surface area contributed by atoms with E-state index in [1.807, 2.05) is 0 Å². The van der Waals surface area contributed by atoms with Gasteiger partial charge < -0.3 is 4.84 Å². The molecular formula is C17H19NO4. The Balaban J connectivity index is 1.65. The number of carbonyl (C=O) groups excluding carboxylic acids is 3. The largest absolute Gasteiger partial charge is 0.333 e. The van der Waals surface area contributed by atoms with Crippen LogP contribution in [0.15, 0.2) is 24.3 Å². The number of hydrogen-bond donors (Lipinski definition) is 0. The molecule has 1 aliphatic carbocycles. The zero-order valence-electron chi connectivity index (χ0n) is 12.6. The van der Waals surface area contributed by atoms with Gasteiger partial charge in [0.15, 0.2) is 0 Å². The molecule has 1 aromatic carbocycles. The van der Waals surface area contributed by atoms with Crippen LogP contribution in [0, 0.1) is 11.8 Å². The number of nitrogens with zero attached hydrogens (tertiary/aromatic N) is 1. The van der Waals surface area contributed by atoms with E-state index in [1.165, 1.54) is 6.42 Å². The molecule has 1 fully saturated rings. The number of carbonyl (C=O) groups is 3. The maximum Gasteiger partial charge on any atom is 0.333 e. The number of benzene rings is 1. The van der Waals surface area contributed by atoms with Crippen LogP contribution in [-0.2, 0) is 9.63 Å². The highest BCUT2D eigenvalue weighted by Gasteiger charge is 2.39. The van der Waals surface area contributed by atoms with Crippen molar-refractivity contribution in [3.05, 3.63) is 35.4 Å². The Kier molecular flexibility index (Phi) is 3.96. The van der Waals surface area contributed by atoms with E-state index in [4.69, 9.17) is 4.84 Å². The van der Waals surface area contributed by atoms with Crippen LogP contribution in [0.25, 0.3) is 0 Å². The summed E-state index contributed by atoms with van der Waals surface area (Å²) in [6.07, 6.45) is 4.68. The highest BCUT2D eigenvalue weighted by atomic mass is 16.7. The van der Waals surface area contributed by atoms with Crippen LogP contribution in [0.5, 0.6) is 0 Å². The molecule has 2 amide bonds. The molecule has 1 saturated carbocycles. The molecule has 0 N–H and O–H groups in total. The molecule has 1 aromatic rings. The Hall–Kier alpha value is -2.17. The number of imide groups is 1. The molecule has 1 atom stereocenters. The van der Waals surface area contributed by atoms with E-state index in [2.05, 4.69) is 6.92 Å². The van der Waals surface area contributed by atoms with Gasteiger partial charge in [-0.1, -0.05) is 49.8 Å². The second-order valence-electron chi connectivity index (χ2n) is 5.98. The quantitative estimate of drug-likeness (QED) is 0.784. The van der Waals surface area contributed by atoms with Gasteiger partial charge in [0.05, 0.1) is 17.5 Å². The summed E-state index contributed by atoms with van der Waals surface area (Å²) in [6, 6.07) is 6.48. The van der Waals surface area contributed by atoms with Crippen molar-refractivity contribution in [2.24, 2.45) is 11.8 Å². The lowest BCUT2D eigenvalue weighted by Gasteiger charge is -2.32. The van der Waals surface area contributed by atoms with E-state index < -0.39 is 17.8 Å². The Morgan fingerprint density at radius 1 is 1.23 bits per heavy atom. The minimum absolute atomic E-state index is 0.259. The van der Waals surface area contributed by atoms with Crippen molar-refractivity contribution in [1.82, 2.24) is 5.06 Å². The van der Waals surface area contributed by atoms with Gasteiger partial charge in [-0.3, -0.25) is 9.59 Å². The van der Waals surface area contributed by atoms with Crippen LogP contribution < -0.4 is 0 Å². The van der Waals surface area contributed by atoms with Gasteiger partial charge >= 0.3 is 5.97 Å². The fourth-order valence-electron chi connectivity index (χ4n) is 3.16. The van der Waals surface area contributed by atoms with E-state index in [0.29, 0.717) is 11.0 Å². The van der Waals surface area contributed by atoms with Crippen molar-refractivity contribution in [3.63, 3.8) is 0 Å². The lowest BCUT2D eigenvalue weighted by atomic mass is 9.73. The standard InChI is InChI=1S/C17H19NO4/c1-2-11(12-6-5-7-12)10-15(19)22-18-16(20)13-8-3-4-9-14(13)17(18)21/h3-4,8-9,11-12H,2,5-7,10H2,1H3. The van der Waals surface area contributed by atoms with Gasteiger partial charge in [0, 0.05) is 0 Å². The summed E-state index contributed by atoms with van der Waals surface area (Å²) in [6.45, 7) is 2.05. The maximum absolute atomic E-state index is 12.1. The highest BCUT2D eigenvalue weighted by molar-refractivity contribution is 6.20. The Morgan fingerprint density at radius 3 is 2.27 bits per heavy atom. The molecule has 3 rings (SSSR count). The topological polar surface area (TPSA) is 63.7 Å². The van der Waals surface area contributed by atoms with Crippen molar-refractivity contribution in [3.8, 4) is 0 Å². The fraction of sp³-hybridized carbons (Fsp3) is 0.471. The van der Waals surface area contributed by atoms with Crippen molar-refractivity contribution in [2.75, 3.05) is 0 Å². The number of amides is 2. The van der Waals surface area contributed by atoms with Gasteiger partial charge in [0.1, 0.15) is 0 Å². The van der Waals surface area contributed by atoms with Crippen LogP contribution in [0.4, 0.5) is 0 Å². The molecule has 5 nitrogen and oxygen atoms in total. The third-order valence-electron chi connectivity index (χ3n) is 4.72. The summed E-state index contributed by atoms with van der Waals surface area (Å²) in [4.78, 5) is 41.4. The summed E-state index contributed by atoms with van der Waals surface area (Å²) < 4.78 is 0. The summed E-state index contributed by atoms with van der Waals surface area (Å²) in [5.41, 5.74) is 0.567. The first-order valence-corrected chi connectivity index (χ1v) is 7.80. The van der Waals surface area contributed by atoms with E-state index in [1.54, 1.807) is 24.3 Å². The predicted molar refractivity (Wildman–Crippen MR) is 78.8 cm³/mol. The molecule has 0 spiro atoms. The van der Waals surface area contributed by atoms with Gasteiger partial charge in [0.2, 0.25) is 0 Å². The Morgan fingerprint density at radius 2 is 1.82 bits per heavy atom. The summed E-state index contributed by atoms with van der Waals surface area (Å²) in [7, 11) is 0. The molecule has 0 aromatic heterocycles. The average Bonchev–Trinajstić information content (AvgIpc) is 2.70. The van der Waals surface area contributed by atoms with Crippen molar-refractivity contribution in [1.29, 1.82) is 0 Å². The molecule has 1 unspecified atom stereocenters. The number of hydroxylamine groups is 2. The van der Waals surface area contributed by atoms with Crippen LogP contribution >= 0.6 is 0 Å². The van der Waals surface area contributed by atoms with Crippen molar-refractivity contribution >= 4 is 17.8 Å². The monoisotopic (exact) mass is 301 g/mol. The number of fused-ring (bicyclic) bond motifs is 1. The number of rotatable bonds is 5. The normalized spacial score (nSPS) is 18.9.